The topological polar surface area (TPSA) is 115 Å². The van der Waals surface area contributed by atoms with E-state index in [4.69, 9.17) is 16.3 Å². The zero-order valence-electron chi connectivity index (χ0n) is 14.4. The molecule has 140 valence electrons. The Labute approximate surface area is 159 Å². The van der Waals surface area contributed by atoms with E-state index in [-0.39, 0.29) is 18.1 Å². The normalized spacial score (nSPS) is 15.7. The van der Waals surface area contributed by atoms with Crippen LogP contribution in [0.1, 0.15) is 12.5 Å². The van der Waals surface area contributed by atoms with E-state index in [1.807, 2.05) is 0 Å². The van der Waals surface area contributed by atoms with E-state index in [0.29, 0.717) is 16.3 Å². The Morgan fingerprint density at radius 2 is 2.15 bits per heavy atom. The van der Waals surface area contributed by atoms with Crippen LogP contribution >= 0.6 is 11.6 Å². The van der Waals surface area contributed by atoms with Crippen LogP contribution in [0.25, 0.3) is 0 Å². The number of benzene rings is 1. The first-order valence-electron chi connectivity index (χ1n) is 7.96. The van der Waals surface area contributed by atoms with E-state index >= 15 is 0 Å². The molecule has 1 N–H and O–H groups in total. The second kappa shape index (κ2) is 7.20. The minimum absolute atomic E-state index is 0.0646. The maximum Gasteiger partial charge on any atom is 0.366 e. The smallest absolute Gasteiger partial charge is 0.366 e. The minimum Gasteiger partial charge on any atom is -0.475 e. The number of pyridine rings is 1. The quantitative estimate of drug-likeness (QED) is 0.634. The number of aromatic nitrogens is 1. The number of nitrogens with one attached hydrogen (secondary N) is 1. The Balaban J connectivity index is 1.88. The summed E-state index contributed by atoms with van der Waals surface area (Å²) in [5, 5.41) is 14.2. The van der Waals surface area contributed by atoms with Gasteiger partial charge in [0, 0.05) is 16.8 Å². The first-order chi connectivity index (χ1) is 12.8. The standard InChI is InChI=1S/C17H15ClN4O5/c1-9-11(18)4-3-5-12(9)19-15(23)8-21-16-13(27-10(2)17(21)24)6-7-14(20-16)22(25)26/h3-7,10H,8H2,1-2H3,(H,19,23). The number of nitrogens with zero attached hydrogens (tertiary/aromatic N) is 3. The molecule has 0 saturated carbocycles. The predicted molar refractivity (Wildman–Crippen MR) is 98.2 cm³/mol. The lowest BCUT2D eigenvalue weighted by Gasteiger charge is -2.29. The summed E-state index contributed by atoms with van der Waals surface area (Å²) in [4.78, 5) is 40.2. The number of carbonyl (C=O) groups excluding carboxylic acids is 2. The lowest BCUT2D eigenvalue weighted by molar-refractivity contribution is -0.389. The third kappa shape index (κ3) is 3.68. The lowest BCUT2D eigenvalue weighted by atomic mass is 10.2. The number of carbonyl (C=O) groups is 2. The minimum atomic E-state index is -0.846. The van der Waals surface area contributed by atoms with Crippen molar-refractivity contribution in [1.29, 1.82) is 0 Å². The number of anilines is 2. The number of nitro groups is 1. The molecule has 9 nitrogen and oxygen atoms in total. The maximum absolute atomic E-state index is 12.5. The van der Waals surface area contributed by atoms with E-state index < -0.39 is 28.7 Å². The summed E-state index contributed by atoms with van der Waals surface area (Å²) in [5.74, 6) is -1.34. The van der Waals surface area contributed by atoms with Crippen LogP contribution in [0, 0.1) is 17.0 Å². The molecule has 1 aromatic heterocycles. The Morgan fingerprint density at radius 1 is 1.41 bits per heavy atom. The Bertz CT molecular complexity index is 949. The molecule has 0 spiro atoms. The summed E-state index contributed by atoms with van der Waals surface area (Å²) < 4.78 is 5.42. The van der Waals surface area contributed by atoms with Gasteiger partial charge < -0.3 is 20.2 Å². The molecular formula is C17H15ClN4O5. The zero-order chi connectivity index (χ0) is 19.7. The van der Waals surface area contributed by atoms with Crippen LogP contribution < -0.4 is 15.0 Å². The average Bonchev–Trinajstić information content (AvgIpc) is 2.62. The molecule has 0 saturated heterocycles. The van der Waals surface area contributed by atoms with Crippen LogP contribution in [-0.2, 0) is 9.59 Å². The number of rotatable bonds is 4. The van der Waals surface area contributed by atoms with Crippen molar-refractivity contribution < 1.29 is 19.2 Å². The van der Waals surface area contributed by atoms with Crippen molar-refractivity contribution in [3.63, 3.8) is 0 Å². The number of hydrogen-bond acceptors (Lipinski definition) is 6. The van der Waals surface area contributed by atoms with Gasteiger partial charge >= 0.3 is 5.82 Å². The molecule has 0 radical (unpaired) electrons. The van der Waals surface area contributed by atoms with Gasteiger partial charge in [-0.2, -0.15) is 0 Å². The molecule has 27 heavy (non-hydrogen) atoms. The van der Waals surface area contributed by atoms with E-state index in [2.05, 4.69) is 10.3 Å². The number of fused-ring (bicyclic) bond motifs is 1. The van der Waals surface area contributed by atoms with Crippen molar-refractivity contribution in [3.8, 4) is 5.75 Å². The van der Waals surface area contributed by atoms with Gasteiger partial charge in [-0.15, -0.1) is 0 Å². The van der Waals surface area contributed by atoms with E-state index in [0.717, 1.165) is 4.90 Å². The van der Waals surface area contributed by atoms with Gasteiger partial charge in [-0.3, -0.25) is 14.5 Å². The third-order valence-electron chi connectivity index (χ3n) is 4.03. The Hall–Kier alpha value is -3.20. The highest BCUT2D eigenvalue weighted by molar-refractivity contribution is 6.31. The van der Waals surface area contributed by atoms with Crippen LogP contribution in [0.4, 0.5) is 17.3 Å². The highest BCUT2D eigenvalue weighted by Crippen LogP contribution is 2.34. The number of ether oxygens (including phenoxy) is 1. The zero-order valence-corrected chi connectivity index (χ0v) is 15.2. The van der Waals surface area contributed by atoms with Gasteiger partial charge in [-0.25, -0.2) is 0 Å². The monoisotopic (exact) mass is 390 g/mol. The Kier molecular flexibility index (Phi) is 4.95. The molecule has 1 atom stereocenters. The fourth-order valence-electron chi connectivity index (χ4n) is 2.61. The molecule has 0 bridgehead atoms. The van der Waals surface area contributed by atoms with Crippen LogP contribution in [-0.4, -0.2) is 34.4 Å². The van der Waals surface area contributed by atoms with E-state index in [1.165, 1.54) is 19.1 Å². The molecule has 0 aliphatic carbocycles. The van der Waals surface area contributed by atoms with Crippen LogP contribution in [0.2, 0.25) is 5.02 Å². The fourth-order valence-corrected chi connectivity index (χ4v) is 2.78. The number of amides is 2. The predicted octanol–water partition coefficient (Wildman–Crippen LogP) is 2.70. The number of hydrogen-bond donors (Lipinski definition) is 1. The average molecular weight is 391 g/mol. The molecule has 0 fully saturated rings. The van der Waals surface area contributed by atoms with Gasteiger partial charge in [-0.05, 0) is 47.5 Å². The van der Waals surface area contributed by atoms with Crippen molar-refractivity contribution in [2.45, 2.75) is 20.0 Å². The molecule has 1 unspecified atom stereocenters. The molecule has 2 aromatic rings. The summed E-state index contributed by atoms with van der Waals surface area (Å²) >= 11 is 6.04. The van der Waals surface area contributed by atoms with Gasteiger partial charge in [-0.1, -0.05) is 17.7 Å². The second-order valence-corrected chi connectivity index (χ2v) is 6.30. The molecule has 3 rings (SSSR count). The van der Waals surface area contributed by atoms with E-state index in [9.17, 15) is 19.7 Å². The molecule has 1 aromatic carbocycles. The first kappa shape index (κ1) is 18.6. The Morgan fingerprint density at radius 3 is 2.85 bits per heavy atom. The van der Waals surface area contributed by atoms with Crippen LogP contribution in [0.15, 0.2) is 30.3 Å². The van der Waals surface area contributed by atoms with E-state index in [1.54, 1.807) is 25.1 Å². The van der Waals surface area contributed by atoms with Crippen LogP contribution in [0.5, 0.6) is 5.75 Å². The van der Waals surface area contributed by atoms with Gasteiger partial charge in [0.2, 0.25) is 5.91 Å². The third-order valence-corrected chi connectivity index (χ3v) is 4.44. The maximum atomic E-state index is 12.5. The SMILES string of the molecule is Cc1c(Cl)cccc1NC(=O)CN1C(=O)C(C)Oc2ccc([N+](=O)[O-])nc21. The van der Waals surface area contributed by atoms with Crippen molar-refractivity contribution in [2.75, 3.05) is 16.8 Å². The number of halogens is 1. The van der Waals surface area contributed by atoms with Gasteiger partial charge in [0.25, 0.3) is 11.7 Å². The summed E-state index contributed by atoms with van der Waals surface area (Å²) in [6.07, 6.45) is -0.846. The summed E-state index contributed by atoms with van der Waals surface area (Å²) in [7, 11) is 0. The fraction of sp³-hybridized carbons (Fsp3) is 0.235. The van der Waals surface area contributed by atoms with Crippen molar-refractivity contribution >= 4 is 40.7 Å². The van der Waals surface area contributed by atoms with Gasteiger partial charge in [0.1, 0.15) is 6.54 Å². The highest BCUT2D eigenvalue weighted by atomic mass is 35.5. The van der Waals surface area contributed by atoms with Gasteiger partial charge in [0.05, 0.1) is 0 Å². The summed E-state index contributed by atoms with van der Waals surface area (Å²) in [6.45, 7) is 2.90. The summed E-state index contributed by atoms with van der Waals surface area (Å²) in [6, 6.07) is 7.59. The van der Waals surface area contributed by atoms with Crippen molar-refractivity contribution in [1.82, 2.24) is 4.98 Å². The van der Waals surface area contributed by atoms with Crippen molar-refractivity contribution in [3.05, 3.63) is 51.0 Å². The first-order valence-corrected chi connectivity index (χ1v) is 8.34. The molecule has 2 heterocycles. The second-order valence-electron chi connectivity index (χ2n) is 5.89. The lowest BCUT2D eigenvalue weighted by Crippen LogP contribution is -2.48. The highest BCUT2D eigenvalue weighted by Gasteiger charge is 2.37. The molecule has 10 heteroatoms. The molecular weight excluding hydrogens is 376 g/mol. The largest absolute Gasteiger partial charge is 0.475 e. The summed E-state index contributed by atoms with van der Waals surface area (Å²) in [5.41, 5.74) is 1.19. The van der Waals surface area contributed by atoms with Crippen LogP contribution in [0.3, 0.4) is 0 Å². The molecule has 1 aliphatic heterocycles. The van der Waals surface area contributed by atoms with Gasteiger partial charge in [0.15, 0.2) is 11.9 Å². The molecule has 1 aliphatic rings. The molecule has 2 amide bonds. The van der Waals surface area contributed by atoms with Crippen molar-refractivity contribution in [2.24, 2.45) is 0 Å².